The van der Waals surface area contributed by atoms with E-state index in [0.717, 1.165) is 23.4 Å². The van der Waals surface area contributed by atoms with Gasteiger partial charge in [-0.05, 0) is 37.1 Å². The Morgan fingerprint density at radius 1 is 1.40 bits per heavy atom. The van der Waals surface area contributed by atoms with Crippen LogP contribution < -0.4 is 11.1 Å². The molecule has 1 aromatic carbocycles. The normalized spacial score (nSPS) is 14.9. The van der Waals surface area contributed by atoms with Crippen molar-refractivity contribution in [3.8, 4) is 0 Å². The van der Waals surface area contributed by atoms with Crippen molar-refractivity contribution in [2.24, 2.45) is 0 Å². The molecule has 4 heteroatoms. The molecule has 3 nitrogen and oxygen atoms in total. The molecular weight excluding hydrogens is 208 g/mol. The van der Waals surface area contributed by atoms with Crippen molar-refractivity contribution < 1.29 is 4.79 Å². The van der Waals surface area contributed by atoms with Gasteiger partial charge in [0, 0.05) is 16.6 Å². The lowest BCUT2D eigenvalue weighted by Crippen LogP contribution is -2.26. The summed E-state index contributed by atoms with van der Waals surface area (Å²) in [6, 6.07) is 8.02. The summed E-state index contributed by atoms with van der Waals surface area (Å²) in [7, 11) is 0. The van der Waals surface area contributed by atoms with Crippen LogP contribution in [-0.4, -0.2) is 17.7 Å². The van der Waals surface area contributed by atoms with Gasteiger partial charge in [0.2, 0.25) is 5.91 Å². The second kappa shape index (κ2) is 4.57. The molecule has 0 saturated heterocycles. The van der Waals surface area contributed by atoms with Gasteiger partial charge in [0.1, 0.15) is 0 Å². The highest BCUT2D eigenvalue weighted by Gasteiger charge is 2.22. The van der Waals surface area contributed by atoms with Gasteiger partial charge >= 0.3 is 0 Å². The Balaban J connectivity index is 1.76. The smallest absolute Gasteiger partial charge is 0.230 e. The lowest BCUT2D eigenvalue weighted by atomic mass is 10.3. The second-order valence-electron chi connectivity index (χ2n) is 3.70. The van der Waals surface area contributed by atoms with Gasteiger partial charge < -0.3 is 11.1 Å². The lowest BCUT2D eigenvalue weighted by molar-refractivity contribution is -0.118. The molecule has 0 aliphatic heterocycles. The number of carbonyl (C=O) groups excluding carboxylic acids is 1. The first-order valence-corrected chi connectivity index (χ1v) is 6.00. The van der Waals surface area contributed by atoms with E-state index in [0.29, 0.717) is 11.8 Å². The topological polar surface area (TPSA) is 55.1 Å². The first-order valence-electron chi connectivity index (χ1n) is 5.02. The molecule has 1 aliphatic rings. The Morgan fingerprint density at radius 3 is 2.67 bits per heavy atom. The van der Waals surface area contributed by atoms with Gasteiger partial charge in [0.15, 0.2) is 0 Å². The van der Waals surface area contributed by atoms with Crippen LogP contribution in [0.25, 0.3) is 0 Å². The molecule has 0 atom stereocenters. The molecule has 15 heavy (non-hydrogen) atoms. The van der Waals surface area contributed by atoms with E-state index < -0.39 is 0 Å². The summed E-state index contributed by atoms with van der Waals surface area (Å²) in [5.74, 6) is 0.611. The van der Waals surface area contributed by atoms with Crippen molar-refractivity contribution in [1.29, 1.82) is 0 Å². The molecule has 0 bridgehead atoms. The van der Waals surface area contributed by atoms with Gasteiger partial charge in [-0.3, -0.25) is 4.79 Å². The quantitative estimate of drug-likeness (QED) is 0.601. The van der Waals surface area contributed by atoms with E-state index in [4.69, 9.17) is 5.73 Å². The summed E-state index contributed by atoms with van der Waals surface area (Å²) in [5.41, 5.74) is 6.32. The standard InChI is InChI=1S/C11H14N2OS/c12-8-1-5-10(6-2-8)15-7-11(14)13-9-3-4-9/h1-2,5-6,9H,3-4,7,12H2,(H,13,14). The fourth-order valence-electron chi connectivity index (χ4n) is 1.21. The van der Waals surface area contributed by atoms with E-state index in [-0.39, 0.29) is 5.91 Å². The zero-order chi connectivity index (χ0) is 10.7. The molecule has 1 amide bonds. The van der Waals surface area contributed by atoms with Crippen LogP contribution in [0.5, 0.6) is 0 Å². The van der Waals surface area contributed by atoms with Crippen LogP contribution in [0.2, 0.25) is 0 Å². The van der Waals surface area contributed by atoms with Crippen molar-refractivity contribution in [3.05, 3.63) is 24.3 Å². The predicted molar refractivity (Wildman–Crippen MR) is 62.7 cm³/mol. The van der Waals surface area contributed by atoms with Crippen molar-refractivity contribution in [2.75, 3.05) is 11.5 Å². The number of hydrogen-bond donors (Lipinski definition) is 2. The summed E-state index contributed by atoms with van der Waals surface area (Å²) in [6.07, 6.45) is 2.27. The van der Waals surface area contributed by atoms with Crippen LogP contribution >= 0.6 is 11.8 Å². The number of nitrogens with one attached hydrogen (secondary N) is 1. The van der Waals surface area contributed by atoms with E-state index in [1.165, 1.54) is 11.8 Å². The highest BCUT2D eigenvalue weighted by molar-refractivity contribution is 8.00. The minimum Gasteiger partial charge on any atom is -0.399 e. The minimum atomic E-state index is 0.124. The number of nitrogen functional groups attached to an aromatic ring is 1. The van der Waals surface area contributed by atoms with E-state index in [1.54, 1.807) is 0 Å². The molecule has 80 valence electrons. The van der Waals surface area contributed by atoms with Crippen LogP contribution in [0.4, 0.5) is 5.69 Å². The van der Waals surface area contributed by atoms with Gasteiger partial charge in [-0.15, -0.1) is 11.8 Å². The molecule has 1 saturated carbocycles. The number of amides is 1. The number of thioether (sulfide) groups is 1. The van der Waals surface area contributed by atoms with Crippen molar-refractivity contribution >= 4 is 23.4 Å². The summed E-state index contributed by atoms with van der Waals surface area (Å²) in [4.78, 5) is 12.5. The Bertz CT molecular complexity index is 346. The van der Waals surface area contributed by atoms with Gasteiger partial charge in [-0.1, -0.05) is 0 Å². The van der Waals surface area contributed by atoms with Gasteiger partial charge in [-0.2, -0.15) is 0 Å². The maximum atomic E-state index is 11.4. The van der Waals surface area contributed by atoms with Crippen LogP contribution in [-0.2, 0) is 4.79 Å². The van der Waals surface area contributed by atoms with Crippen LogP contribution in [0.3, 0.4) is 0 Å². The highest BCUT2D eigenvalue weighted by atomic mass is 32.2. The van der Waals surface area contributed by atoms with Gasteiger partial charge in [0.25, 0.3) is 0 Å². The SMILES string of the molecule is Nc1ccc(SCC(=O)NC2CC2)cc1. The van der Waals surface area contributed by atoms with Crippen LogP contribution in [0, 0.1) is 0 Å². The van der Waals surface area contributed by atoms with E-state index in [1.807, 2.05) is 24.3 Å². The maximum absolute atomic E-state index is 11.4. The van der Waals surface area contributed by atoms with E-state index >= 15 is 0 Å². The molecule has 1 fully saturated rings. The molecule has 1 aromatic rings. The number of anilines is 1. The number of nitrogens with two attached hydrogens (primary N) is 1. The fourth-order valence-corrected chi connectivity index (χ4v) is 1.92. The molecule has 3 N–H and O–H groups in total. The first kappa shape index (κ1) is 10.4. The zero-order valence-electron chi connectivity index (χ0n) is 8.40. The largest absolute Gasteiger partial charge is 0.399 e. The molecule has 0 radical (unpaired) electrons. The Kier molecular flexibility index (Phi) is 3.16. The number of benzene rings is 1. The minimum absolute atomic E-state index is 0.124. The average molecular weight is 222 g/mol. The van der Waals surface area contributed by atoms with Crippen molar-refractivity contribution in [2.45, 2.75) is 23.8 Å². The third-order valence-corrected chi connectivity index (χ3v) is 3.20. The molecule has 2 rings (SSSR count). The van der Waals surface area contributed by atoms with Gasteiger partial charge in [0.05, 0.1) is 5.75 Å². The van der Waals surface area contributed by atoms with Gasteiger partial charge in [-0.25, -0.2) is 0 Å². The van der Waals surface area contributed by atoms with Crippen molar-refractivity contribution in [1.82, 2.24) is 5.32 Å². The van der Waals surface area contributed by atoms with Crippen molar-refractivity contribution in [3.63, 3.8) is 0 Å². The molecule has 0 spiro atoms. The summed E-state index contributed by atoms with van der Waals surface area (Å²) >= 11 is 1.54. The van der Waals surface area contributed by atoms with E-state index in [9.17, 15) is 4.79 Å². The summed E-state index contributed by atoms with van der Waals surface area (Å²) < 4.78 is 0. The maximum Gasteiger partial charge on any atom is 0.230 e. The zero-order valence-corrected chi connectivity index (χ0v) is 9.22. The third kappa shape index (κ3) is 3.47. The summed E-state index contributed by atoms with van der Waals surface area (Å²) in [5, 5.41) is 2.95. The highest BCUT2D eigenvalue weighted by Crippen LogP contribution is 2.21. The van der Waals surface area contributed by atoms with E-state index in [2.05, 4.69) is 5.32 Å². The monoisotopic (exact) mass is 222 g/mol. The average Bonchev–Trinajstić information content (AvgIpc) is 3.01. The molecular formula is C11H14N2OS. The fraction of sp³-hybridized carbons (Fsp3) is 0.364. The summed E-state index contributed by atoms with van der Waals surface area (Å²) in [6.45, 7) is 0. The second-order valence-corrected chi connectivity index (χ2v) is 4.75. The molecule has 1 aliphatic carbocycles. The Morgan fingerprint density at radius 2 is 2.07 bits per heavy atom. The first-order chi connectivity index (χ1) is 7.24. The Labute approximate surface area is 93.4 Å². The lowest BCUT2D eigenvalue weighted by Gasteiger charge is -2.03. The molecule has 0 unspecified atom stereocenters. The third-order valence-electron chi connectivity index (χ3n) is 2.19. The number of hydrogen-bond acceptors (Lipinski definition) is 3. The molecule has 0 heterocycles. The predicted octanol–water partition coefficient (Wildman–Crippen LogP) is 1.64. The van der Waals surface area contributed by atoms with Crippen LogP contribution in [0.1, 0.15) is 12.8 Å². The number of carbonyl (C=O) groups is 1. The number of rotatable bonds is 4. The molecule has 0 aromatic heterocycles. The Hall–Kier alpha value is -1.16. The van der Waals surface area contributed by atoms with Crippen LogP contribution in [0.15, 0.2) is 29.2 Å².